The van der Waals surface area contributed by atoms with E-state index in [2.05, 4.69) is 19.1 Å². The molecule has 0 aliphatic heterocycles. The predicted octanol–water partition coefficient (Wildman–Crippen LogP) is 5.63. The number of aliphatic hydroxyl groups is 1. The van der Waals surface area contributed by atoms with Crippen molar-refractivity contribution >= 4 is 0 Å². The van der Waals surface area contributed by atoms with Crippen LogP contribution >= 0.6 is 0 Å². The minimum absolute atomic E-state index is 0.359. The Balaban J connectivity index is 3.00. The van der Waals surface area contributed by atoms with E-state index in [4.69, 9.17) is 5.11 Å². The van der Waals surface area contributed by atoms with Crippen molar-refractivity contribution in [1.82, 2.24) is 0 Å². The Morgan fingerprint density at radius 1 is 0.611 bits per heavy atom. The molecular weight excluding hydrogens is 220 g/mol. The van der Waals surface area contributed by atoms with Gasteiger partial charge in [-0.05, 0) is 32.1 Å². The summed E-state index contributed by atoms with van der Waals surface area (Å²) in [5.74, 6) is 0. The van der Waals surface area contributed by atoms with Gasteiger partial charge in [0.15, 0.2) is 0 Å². The highest BCUT2D eigenvalue weighted by Crippen LogP contribution is 2.08. The molecule has 0 heterocycles. The van der Waals surface area contributed by atoms with E-state index in [0.717, 1.165) is 6.42 Å². The molecule has 1 N–H and O–H groups in total. The van der Waals surface area contributed by atoms with Gasteiger partial charge in [-0.15, -0.1) is 0 Å². The van der Waals surface area contributed by atoms with E-state index < -0.39 is 0 Å². The molecule has 1 heteroatoms. The topological polar surface area (TPSA) is 20.2 Å². The maximum absolute atomic E-state index is 8.65. The first-order valence-corrected chi connectivity index (χ1v) is 8.17. The fourth-order valence-corrected chi connectivity index (χ4v) is 2.18. The Morgan fingerprint density at radius 3 is 1.56 bits per heavy atom. The van der Waals surface area contributed by atoms with Gasteiger partial charge in [0.2, 0.25) is 0 Å². The molecule has 0 amide bonds. The zero-order valence-electron chi connectivity index (χ0n) is 12.5. The first-order chi connectivity index (χ1) is 8.91. The third kappa shape index (κ3) is 15.7. The number of hydrogen-bond acceptors (Lipinski definition) is 1. The Labute approximate surface area is 115 Å². The number of aliphatic hydroxyl groups excluding tert-OH is 1. The molecule has 0 unspecified atom stereocenters. The molecular formula is C17H34O. The van der Waals surface area contributed by atoms with Crippen LogP contribution in [0.3, 0.4) is 0 Å². The normalized spacial score (nSPS) is 11.4. The molecule has 0 rings (SSSR count). The smallest absolute Gasteiger partial charge is 0.0431 e. The molecule has 0 aliphatic carbocycles. The first-order valence-electron chi connectivity index (χ1n) is 8.17. The maximum Gasteiger partial charge on any atom is 0.0431 e. The first kappa shape index (κ1) is 17.7. The van der Waals surface area contributed by atoms with Gasteiger partial charge in [-0.2, -0.15) is 0 Å². The van der Waals surface area contributed by atoms with E-state index in [0.29, 0.717) is 6.61 Å². The van der Waals surface area contributed by atoms with E-state index in [1.807, 2.05) is 0 Å². The molecule has 0 radical (unpaired) electrons. The molecule has 0 atom stereocenters. The average Bonchev–Trinajstić information content (AvgIpc) is 2.39. The van der Waals surface area contributed by atoms with Crippen LogP contribution in [0, 0.1) is 0 Å². The van der Waals surface area contributed by atoms with E-state index >= 15 is 0 Å². The van der Waals surface area contributed by atoms with Gasteiger partial charge in [0, 0.05) is 6.61 Å². The quantitative estimate of drug-likeness (QED) is 0.315. The second-order valence-corrected chi connectivity index (χ2v) is 5.31. The van der Waals surface area contributed by atoms with E-state index in [9.17, 15) is 0 Å². The largest absolute Gasteiger partial charge is 0.396 e. The van der Waals surface area contributed by atoms with Crippen molar-refractivity contribution in [3.63, 3.8) is 0 Å². The zero-order chi connectivity index (χ0) is 13.3. The summed E-state index contributed by atoms with van der Waals surface area (Å²) in [7, 11) is 0. The third-order valence-corrected chi connectivity index (χ3v) is 3.42. The molecule has 0 spiro atoms. The molecule has 1 nitrogen and oxygen atoms in total. The van der Waals surface area contributed by atoms with Crippen molar-refractivity contribution in [1.29, 1.82) is 0 Å². The SMILES string of the molecule is CCCCCCCC/C=C/CCCCCCCO. The summed E-state index contributed by atoms with van der Waals surface area (Å²) in [6, 6.07) is 0. The monoisotopic (exact) mass is 254 g/mol. The highest BCUT2D eigenvalue weighted by molar-refractivity contribution is 4.81. The average molecular weight is 254 g/mol. The van der Waals surface area contributed by atoms with Crippen molar-refractivity contribution in [3.8, 4) is 0 Å². The summed E-state index contributed by atoms with van der Waals surface area (Å²) in [6.45, 7) is 2.63. The van der Waals surface area contributed by atoms with E-state index in [1.54, 1.807) is 0 Å². The molecule has 0 fully saturated rings. The van der Waals surface area contributed by atoms with Gasteiger partial charge >= 0.3 is 0 Å². The lowest BCUT2D eigenvalue weighted by Crippen LogP contribution is -1.83. The van der Waals surface area contributed by atoms with Crippen LogP contribution in [-0.4, -0.2) is 11.7 Å². The van der Waals surface area contributed by atoms with Gasteiger partial charge < -0.3 is 5.11 Å². The van der Waals surface area contributed by atoms with Crippen LogP contribution in [0.5, 0.6) is 0 Å². The van der Waals surface area contributed by atoms with Crippen LogP contribution in [0.2, 0.25) is 0 Å². The zero-order valence-corrected chi connectivity index (χ0v) is 12.5. The van der Waals surface area contributed by atoms with Crippen LogP contribution in [0.15, 0.2) is 12.2 Å². The highest BCUT2D eigenvalue weighted by atomic mass is 16.2. The lowest BCUT2D eigenvalue weighted by atomic mass is 10.1. The minimum atomic E-state index is 0.359. The summed E-state index contributed by atoms with van der Waals surface area (Å²) in [5, 5.41) is 8.65. The number of rotatable bonds is 14. The third-order valence-electron chi connectivity index (χ3n) is 3.42. The minimum Gasteiger partial charge on any atom is -0.396 e. The Kier molecular flexibility index (Phi) is 16.4. The number of unbranched alkanes of at least 4 members (excludes halogenated alkanes) is 11. The van der Waals surface area contributed by atoms with Crippen LogP contribution in [0.1, 0.15) is 90.4 Å². The predicted molar refractivity (Wildman–Crippen MR) is 81.9 cm³/mol. The van der Waals surface area contributed by atoms with Crippen LogP contribution in [-0.2, 0) is 0 Å². The molecule has 0 aromatic rings. The van der Waals surface area contributed by atoms with Gasteiger partial charge in [0.25, 0.3) is 0 Å². The van der Waals surface area contributed by atoms with Crippen molar-refractivity contribution in [2.24, 2.45) is 0 Å². The second kappa shape index (κ2) is 16.7. The Morgan fingerprint density at radius 2 is 1.06 bits per heavy atom. The summed E-state index contributed by atoms with van der Waals surface area (Å²) >= 11 is 0. The van der Waals surface area contributed by atoms with Gasteiger partial charge in [0.1, 0.15) is 0 Å². The van der Waals surface area contributed by atoms with Gasteiger partial charge in [-0.1, -0.05) is 70.4 Å². The van der Waals surface area contributed by atoms with Crippen molar-refractivity contribution in [2.75, 3.05) is 6.61 Å². The molecule has 0 saturated heterocycles. The molecule has 0 aromatic heterocycles. The molecule has 18 heavy (non-hydrogen) atoms. The second-order valence-electron chi connectivity index (χ2n) is 5.31. The summed E-state index contributed by atoms with van der Waals surface area (Å²) < 4.78 is 0. The van der Waals surface area contributed by atoms with Crippen molar-refractivity contribution in [2.45, 2.75) is 90.4 Å². The highest BCUT2D eigenvalue weighted by Gasteiger charge is 1.89. The Hall–Kier alpha value is -0.300. The summed E-state index contributed by atoms with van der Waals surface area (Å²) in [5.41, 5.74) is 0. The van der Waals surface area contributed by atoms with Crippen LogP contribution < -0.4 is 0 Å². The van der Waals surface area contributed by atoms with Crippen molar-refractivity contribution < 1.29 is 5.11 Å². The molecule has 108 valence electrons. The number of allylic oxidation sites excluding steroid dienone is 2. The maximum atomic E-state index is 8.65. The fraction of sp³-hybridized carbons (Fsp3) is 0.882. The van der Waals surface area contributed by atoms with E-state index in [-0.39, 0.29) is 0 Å². The summed E-state index contributed by atoms with van der Waals surface area (Å²) in [4.78, 5) is 0. The van der Waals surface area contributed by atoms with Gasteiger partial charge in [0.05, 0.1) is 0 Å². The van der Waals surface area contributed by atoms with Gasteiger partial charge in [-0.25, -0.2) is 0 Å². The van der Waals surface area contributed by atoms with E-state index in [1.165, 1.54) is 77.0 Å². The number of hydrogen-bond donors (Lipinski definition) is 1. The van der Waals surface area contributed by atoms with Crippen molar-refractivity contribution in [3.05, 3.63) is 12.2 Å². The Bertz CT molecular complexity index is 145. The standard InChI is InChI=1S/C17H34O/c1-2-3-4-5-6-7-8-9-10-11-12-13-14-15-16-17-18/h9-10,18H,2-8,11-17H2,1H3/b10-9+. The fourth-order valence-electron chi connectivity index (χ4n) is 2.18. The molecule has 0 aliphatic rings. The lowest BCUT2D eigenvalue weighted by molar-refractivity contribution is 0.282. The van der Waals surface area contributed by atoms with Crippen LogP contribution in [0.25, 0.3) is 0 Å². The molecule has 0 bridgehead atoms. The molecule has 0 saturated carbocycles. The van der Waals surface area contributed by atoms with Gasteiger partial charge in [-0.3, -0.25) is 0 Å². The van der Waals surface area contributed by atoms with Crippen LogP contribution in [0.4, 0.5) is 0 Å². The lowest BCUT2D eigenvalue weighted by Gasteiger charge is -1.98. The molecule has 0 aromatic carbocycles. The summed E-state index contributed by atoms with van der Waals surface area (Å²) in [6.07, 6.45) is 21.7.